The Morgan fingerprint density at radius 2 is 1.82 bits per heavy atom. The van der Waals surface area contributed by atoms with Crippen LogP contribution < -0.4 is 15.4 Å². The van der Waals surface area contributed by atoms with Gasteiger partial charge in [0.05, 0.1) is 5.25 Å². The number of carbonyl (C=O) groups excluding carboxylic acids is 4. The first-order valence-electron chi connectivity index (χ1n) is 13.8. The third kappa shape index (κ3) is 8.83. The first-order chi connectivity index (χ1) is 18.3. The van der Waals surface area contributed by atoms with Crippen molar-refractivity contribution in [2.75, 3.05) is 6.54 Å². The molecule has 218 valence electrons. The van der Waals surface area contributed by atoms with Gasteiger partial charge in [0.15, 0.2) is 0 Å². The van der Waals surface area contributed by atoms with Crippen molar-refractivity contribution >= 4 is 33.8 Å². The third-order valence-corrected chi connectivity index (χ3v) is 8.88. The number of sulfonamides is 1. The SMILES string of the molecule is C=C=CCCCCC[C@H](NC(=O)OC(C)(C)C)C(=O)N1CCC[C@H]1C(=O)NC1(C(=O)NS(=O)(=O)C2CC2)CC1. The van der Waals surface area contributed by atoms with Crippen molar-refractivity contribution in [2.45, 2.75) is 120 Å². The highest BCUT2D eigenvalue weighted by Gasteiger charge is 2.54. The minimum Gasteiger partial charge on any atom is -0.444 e. The summed E-state index contributed by atoms with van der Waals surface area (Å²) in [6.07, 6.45) is 7.45. The van der Waals surface area contributed by atoms with E-state index in [9.17, 15) is 27.6 Å². The van der Waals surface area contributed by atoms with Gasteiger partial charge in [0, 0.05) is 6.54 Å². The predicted octanol–water partition coefficient (Wildman–Crippen LogP) is 2.42. The van der Waals surface area contributed by atoms with Crippen LogP contribution in [-0.2, 0) is 29.1 Å². The molecule has 3 N–H and O–H groups in total. The molecule has 2 aliphatic carbocycles. The zero-order valence-electron chi connectivity index (χ0n) is 23.2. The molecule has 1 aliphatic heterocycles. The highest BCUT2D eigenvalue weighted by molar-refractivity contribution is 7.91. The number of amides is 4. The first kappa shape index (κ1) is 30.7. The van der Waals surface area contributed by atoms with Gasteiger partial charge in [-0.3, -0.25) is 19.1 Å². The Balaban J connectivity index is 1.64. The van der Waals surface area contributed by atoms with Crippen molar-refractivity contribution in [1.82, 2.24) is 20.3 Å². The van der Waals surface area contributed by atoms with Gasteiger partial charge in [-0.2, -0.15) is 0 Å². The lowest BCUT2D eigenvalue weighted by atomic mass is 10.0. The van der Waals surface area contributed by atoms with Gasteiger partial charge in [0.1, 0.15) is 23.2 Å². The highest BCUT2D eigenvalue weighted by Crippen LogP contribution is 2.37. The van der Waals surface area contributed by atoms with E-state index in [2.05, 4.69) is 27.7 Å². The second-order valence-corrected chi connectivity index (χ2v) is 13.6. The molecule has 3 fully saturated rings. The normalized spacial score (nSPS) is 20.8. The lowest BCUT2D eigenvalue weighted by Gasteiger charge is -2.30. The molecule has 0 radical (unpaired) electrons. The number of ether oxygens (including phenoxy) is 1. The van der Waals surface area contributed by atoms with Crippen LogP contribution in [0.25, 0.3) is 0 Å². The summed E-state index contributed by atoms with van der Waals surface area (Å²) in [5.74, 6) is -1.60. The minimum absolute atomic E-state index is 0.329. The maximum atomic E-state index is 13.6. The average molecular weight is 567 g/mol. The molecule has 2 saturated carbocycles. The zero-order chi connectivity index (χ0) is 28.8. The van der Waals surface area contributed by atoms with E-state index in [1.165, 1.54) is 4.90 Å². The molecule has 12 heteroatoms. The second kappa shape index (κ2) is 12.6. The predicted molar refractivity (Wildman–Crippen MR) is 145 cm³/mol. The second-order valence-electron chi connectivity index (χ2n) is 11.7. The Hall–Kier alpha value is -2.85. The molecule has 0 aromatic rings. The molecular weight excluding hydrogens is 524 g/mol. The molecule has 2 atom stereocenters. The Kier molecular flexibility index (Phi) is 9.88. The molecule has 0 spiro atoms. The van der Waals surface area contributed by atoms with Crippen LogP contribution in [0, 0.1) is 0 Å². The minimum atomic E-state index is -3.74. The van der Waals surface area contributed by atoms with E-state index >= 15 is 0 Å². The van der Waals surface area contributed by atoms with Crippen LogP contribution in [0.15, 0.2) is 18.4 Å². The number of likely N-dealkylation sites (tertiary alicyclic amines) is 1. The van der Waals surface area contributed by atoms with Crippen LogP contribution in [0.3, 0.4) is 0 Å². The Morgan fingerprint density at radius 1 is 1.13 bits per heavy atom. The molecular formula is C27H42N4O7S. The number of nitrogens with zero attached hydrogens (tertiary/aromatic N) is 1. The van der Waals surface area contributed by atoms with Crippen molar-refractivity contribution in [3.8, 4) is 0 Å². The van der Waals surface area contributed by atoms with Crippen LogP contribution >= 0.6 is 0 Å². The molecule has 39 heavy (non-hydrogen) atoms. The van der Waals surface area contributed by atoms with Crippen molar-refractivity contribution in [3.05, 3.63) is 18.4 Å². The van der Waals surface area contributed by atoms with Crippen LogP contribution in [0.1, 0.15) is 91.4 Å². The summed E-state index contributed by atoms with van der Waals surface area (Å²) in [4.78, 5) is 53.6. The van der Waals surface area contributed by atoms with Gasteiger partial charge < -0.3 is 20.3 Å². The monoisotopic (exact) mass is 566 g/mol. The van der Waals surface area contributed by atoms with E-state index in [1.807, 2.05) is 6.08 Å². The average Bonchev–Trinajstić information content (AvgIpc) is 3.76. The van der Waals surface area contributed by atoms with Crippen molar-refractivity contribution < 1.29 is 32.3 Å². The van der Waals surface area contributed by atoms with Gasteiger partial charge in [-0.15, -0.1) is 5.73 Å². The van der Waals surface area contributed by atoms with Crippen molar-refractivity contribution in [1.29, 1.82) is 0 Å². The van der Waals surface area contributed by atoms with Crippen LogP contribution in [0.2, 0.25) is 0 Å². The van der Waals surface area contributed by atoms with Crippen molar-refractivity contribution in [3.63, 3.8) is 0 Å². The summed E-state index contributed by atoms with van der Waals surface area (Å²) >= 11 is 0. The molecule has 1 heterocycles. The Labute approximate surface area is 231 Å². The maximum Gasteiger partial charge on any atom is 0.408 e. The van der Waals surface area contributed by atoms with E-state index < -0.39 is 56.4 Å². The van der Waals surface area contributed by atoms with Gasteiger partial charge >= 0.3 is 6.09 Å². The van der Waals surface area contributed by atoms with Crippen LogP contribution in [0.5, 0.6) is 0 Å². The number of allylic oxidation sites excluding steroid dienone is 1. The van der Waals surface area contributed by atoms with E-state index in [-0.39, 0.29) is 5.91 Å². The van der Waals surface area contributed by atoms with E-state index in [0.717, 1.165) is 19.3 Å². The molecule has 11 nitrogen and oxygen atoms in total. The zero-order valence-corrected chi connectivity index (χ0v) is 24.0. The number of hydrogen-bond donors (Lipinski definition) is 3. The lowest BCUT2D eigenvalue weighted by molar-refractivity contribution is -0.141. The Bertz CT molecular complexity index is 1100. The summed E-state index contributed by atoms with van der Waals surface area (Å²) in [6, 6.07) is -1.69. The summed E-state index contributed by atoms with van der Waals surface area (Å²) in [5.41, 5.74) is 0.717. The number of unbranched alkanes of at least 4 members (excludes halogenated alkanes) is 3. The van der Waals surface area contributed by atoms with Gasteiger partial charge in [-0.05, 0) is 84.6 Å². The van der Waals surface area contributed by atoms with Gasteiger partial charge in [-0.1, -0.05) is 19.4 Å². The lowest BCUT2D eigenvalue weighted by Crippen LogP contribution is -2.57. The summed E-state index contributed by atoms with van der Waals surface area (Å²) < 4.78 is 31.9. The standard InChI is InChI=1S/C27H42N4O7S/c1-5-6-7-8-9-10-12-20(28-25(35)38-26(2,3)4)23(33)31-18-11-13-21(31)22(32)29-27(16-17-27)24(34)30-39(36,37)19-14-15-19/h6,19-21H,1,7-18H2,2-4H3,(H,28,35)(H,29,32)(H,30,34)/t20-,21-/m0/s1. The third-order valence-electron chi connectivity index (χ3n) is 7.06. The number of hydrogen-bond acceptors (Lipinski definition) is 7. The van der Waals surface area contributed by atoms with Crippen LogP contribution in [0.4, 0.5) is 4.79 Å². The number of nitrogens with one attached hydrogen (secondary N) is 3. The molecule has 0 bridgehead atoms. The number of alkyl carbamates (subject to hydrolysis) is 1. The molecule has 3 rings (SSSR count). The summed E-state index contributed by atoms with van der Waals surface area (Å²) in [5, 5.41) is 4.86. The van der Waals surface area contributed by atoms with Crippen LogP contribution in [-0.4, -0.2) is 72.2 Å². The largest absolute Gasteiger partial charge is 0.444 e. The topological polar surface area (TPSA) is 151 Å². The highest BCUT2D eigenvalue weighted by atomic mass is 32.2. The van der Waals surface area contributed by atoms with E-state index in [1.54, 1.807) is 20.8 Å². The van der Waals surface area contributed by atoms with Gasteiger partial charge in [0.2, 0.25) is 21.8 Å². The molecule has 0 aromatic heterocycles. The molecule has 1 saturated heterocycles. The van der Waals surface area contributed by atoms with Crippen molar-refractivity contribution in [2.24, 2.45) is 0 Å². The molecule has 3 aliphatic rings. The fraction of sp³-hybridized carbons (Fsp3) is 0.741. The van der Waals surface area contributed by atoms with Gasteiger partial charge in [0.25, 0.3) is 5.91 Å². The fourth-order valence-corrected chi connectivity index (χ4v) is 6.00. The summed E-state index contributed by atoms with van der Waals surface area (Å²) in [7, 11) is -3.74. The molecule has 0 aromatic carbocycles. The quantitative estimate of drug-likeness (QED) is 0.229. The maximum absolute atomic E-state index is 13.6. The summed E-state index contributed by atoms with van der Waals surface area (Å²) in [6.45, 7) is 9.08. The first-order valence-corrected chi connectivity index (χ1v) is 15.3. The molecule has 0 unspecified atom stereocenters. The smallest absolute Gasteiger partial charge is 0.408 e. The molecule has 4 amide bonds. The van der Waals surface area contributed by atoms with Gasteiger partial charge in [-0.25, -0.2) is 13.2 Å². The fourth-order valence-electron chi connectivity index (χ4n) is 4.63. The van der Waals surface area contributed by atoms with E-state index in [0.29, 0.717) is 57.9 Å². The Morgan fingerprint density at radius 3 is 2.41 bits per heavy atom. The van der Waals surface area contributed by atoms with E-state index in [4.69, 9.17) is 4.74 Å². The number of carbonyl (C=O) groups is 4. The number of rotatable bonds is 13.